The van der Waals surface area contributed by atoms with E-state index in [2.05, 4.69) is 15.3 Å². The highest BCUT2D eigenvalue weighted by atomic mass is 32.1. The van der Waals surface area contributed by atoms with Gasteiger partial charge in [0.2, 0.25) is 0 Å². The van der Waals surface area contributed by atoms with Gasteiger partial charge in [-0.3, -0.25) is 9.78 Å². The number of aromatic nitrogens is 2. The summed E-state index contributed by atoms with van der Waals surface area (Å²) in [6.45, 7) is 3.78. The molecule has 7 heteroatoms. The summed E-state index contributed by atoms with van der Waals surface area (Å²) >= 11 is 1.52. The second-order valence-corrected chi connectivity index (χ2v) is 5.51. The Morgan fingerprint density at radius 3 is 2.55 bits per heavy atom. The van der Waals surface area contributed by atoms with Gasteiger partial charge in [-0.2, -0.15) is 0 Å². The maximum absolute atomic E-state index is 12.0. The lowest BCUT2D eigenvalue weighted by Gasteiger charge is -2.10. The van der Waals surface area contributed by atoms with Crippen LogP contribution in [0.3, 0.4) is 0 Å². The van der Waals surface area contributed by atoms with Gasteiger partial charge in [0, 0.05) is 17.3 Å². The monoisotopic (exact) mass is 291 g/mol. The van der Waals surface area contributed by atoms with Crippen molar-refractivity contribution in [2.75, 3.05) is 0 Å². The van der Waals surface area contributed by atoms with Gasteiger partial charge in [0.25, 0.3) is 5.91 Å². The molecule has 0 aliphatic heterocycles. The van der Waals surface area contributed by atoms with E-state index in [1.807, 2.05) is 13.8 Å². The third-order valence-electron chi connectivity index (χ3n) is 2.60. The molecule has 2 heterocycles. The maximum Gasteiger partial charge on any atom is 0.337 e. The lowest BCUT2D eigenvalue weighted by Crippen LogP contribution is -2.27. The smallest absolute Gasteiger partial charge is 0.337 e. The molecule has 0 aliphatic carbocycles. The molecule has 0 spiro atoms. The normalized spacial score (nSPS) is 11.9. The third kappa shape index (κ3) is 3.18. The quantitative estimate of drug-likeness (QED) is 0.899. The second kappa shape index (κ2) is 5.79. The Bertz CT molecular complexity index is 637. The number of aromatic carboxylic acids is 1. The van der Waals surface area contributed by atoms with Crippen LogP contribution in [0.2, 0.25) is 0 Å². The van der Waals surface area contributed by atoms with Crippen LogP contribution >= 0.6 is 11.3 Å². The highest BCUT2D eigenvalue weighted by Crippen LogP contribution is 2.19. The number of hydrogen-bond acceptors (Lipinski definition) is 5. The van der Waals surface area contributed by atoms with Crippen LogP contribution in [-0.2, 0) is 0 Å². The number of carboxylic acids is 1. The van der Waals surface area contributed by atoms with Gasteiger partial charge in [-0.15, -0.1) is 11.3 Å². The van der Waals surface area contributed by atoms with E-state index >= 15 is 0 Å². The van der Waals surface area contributed by atoms with Crippen LogP contribution in [0.4, 0.5) is 0 Å². The molecule has 0 aliphatic rings. The zero-order valence-electron chi connectivity index (χ0n) is 11.0. The Balaban J connectivity index is 2.06. The maximum atomic E-state index is 12.0. The first-order chi connectivity index (χ1) is 9.47. The first-order valence-corrected chi connectivity index (χ1v) is 6.71. The summed E-state index contributed by atoms with van der Waals surface area (Å²) in [5, 5.41) is 12.4. The average molecular weight is 291 g/mol. The number of carbonyl (C=O) groups excluding carboxylic acids is 1. The molecule has 2 aromatic heterocycles. The molecule has 0 saturated carbocycles. The van der Waals surface area contributed by atoms with Gasteiger partial charge < -0.3 is 10.4 Å². The third-order valence-corrected chi connectivity index (χ3v) is 3.70. The molecule has 1 atom stereocenters. The largest absolute Gasteiger partial charge is 0.478 e. The fraction of sp³-hybridized carbons (Fsp3) is 0.231. The Kier molecular flexibility index (Phi) is 4.09. The molecule has 0 aromatic carbocycles. The zero-order chi connectivity index (χ0) is 14.7. The zero-order valence-corrected chi connectivity index (χ0v) is 11.8. The number of rotatable bonds is 4. The molecular weight excluding hydrogens is 278 g/mol. The summed E-state index contributed by atoms with van der Waals surface area (Å²) in [5.74, 6) is -1.43. The molecule has 0 radical (unpaired) electrons. The predicted octanol–water partition coefficient (Wildman–Crippen LogP) is 2.04. The molecule has 0 bridgehead atoms. The number of nitrogens with one attached hydrogen (secondary N) is 1. The van der Waals surface area contributed by atoms with E-state index in [0.717, 1.165) is 16.1 Å². The lowest BCUT2D eigenvalue weighted by molar-refractivity contribution is 0.0695. The van der Waals surface area contributed by atoms with Crippen molar-refractivity contribution in [3.63, 3.8) is 0 Å². The van der Waals surface area contributed by atoms with Crippen LogP contribution in [0, 0.1) is 6.92 Å². The molecule has 2 rings (SSSR count). The molecule has 1 amide bonds. The van der Waals surface area contributed by atoms with Crippen molar-refractivity contribution < 1.29 is 14.7 Å². The van der Waals surface area contributed by atoms with Crippen molar-refractivity contribution in [2.45, 2.75) is 19.9 Å². The summed E-state index contributed by atoms with van der Waals surface area (Å²) in [4.78, 5) is 31.8. The fourth-order valence-electron chi connectivity index (χ4n) is 1.56. The van der Waals surface area contributed by atoms with E-state index in [0.29, 0.717) is 0 Å². The lowest BCUT2D eigenvalue weighted by atomic mass is 10.2. The predicted molar refractivity (Wildman–Crippen MR) is 73.9 cm³/mol. The Hall–Kier alpha value is -2.28. The average Bonchev–Trinajstić information content (AvgIpc) is 2.85. The van der Waals surface area contributed by atoms with Gasteiger partial charge in [0.1, 0.15) is 10.7 Å². The Labute approximate surface area is 119 Å². The van der Waals surface area contributed by atoms with Gasteiger partial charge in [-0.25, -0.2) is 9.78 Å². The van der Waals surface area contributed by atoms with Crippen LogP contribution in [0.1, 0.15) is 43.7 Å². The Morgan fingerprint density at radius 1 is 1.30 bits per heavy atom. The van der Waals surface area contributed by atoms with E-state index in [9.17, 15) is 9.59 Å². The molecule has 104 valence electrons. The first-order valence-electron chi connectivity index (χ1n) is 5.90. The highest BCUT2D eigenvalue weighted by Gasteiger charge is 2.15. The van der Waals surface area contributed by atoms with Crippen LogP contribution in [-0.4, -0.2) is 27.0 Å². The number of amides is 1. The van der Waals surface area contributed by atoms with Gasteiger partial charge in [0.05, 0.1) is 11.6 Å². The number of thiazole rings is 1. The van der Waals surface area contributed by atoms with E-state index in [1.165, 1.54) is 23.5 Å². The van der Waals surface area contributed by atoms with Gasteiger partial charge in [-0.1, -0.05) is 0 Å². The molecule has 20 heavy (non-hydrogen) atoms. The summed E-state index contributed by atoms with van der Waals surface area (Å²) in [5.41, 5.74) is 0.222. The Morgan fingerprint density at radius 2 is 2.05 bits per heavy atom. The highest BCUT2D eigenvalue weighted by molar-refractivity contribution is 7.11. The van der Waals surface area contributed by atoms with Gasteiger partial charge in [0.15, 0.2) is 0 Å². The molecular formula is C13H13N3O3S. The molecule has 2 N–H and O–H groups in total. The number of carboxylic acid groups (broad SMARTS) is 1. The van der Waals surface area contributed by atoms with Crippen LogP contribution in [0.15, 0.2) is 24.5 Å². The van der Waals surface area contributed by atoms with E-state index in [4.69, 9.17) is 5.11 Å². The summed E-state index contributed by atoms with van der Waals surface area (Å²) < 4.78 is 0. The van der Waals surface area contributed by atoms with Crippen molar-refractivity contribution in [1.82, 2.24) is 15.3 Å². The van der Waals surface area contributed by atoms with Crippen LogP contribution in [0.5, 0.6) is 0 Å². The second-order valence-electron chi connectivity index (χ2n) is 4.24. The number of carbonyl (C=O) groups is 2. The van der Waals surface area contributed by atoms with Gasteiger partial charge in [-0.05, 0) is 26.0 Å². The van der Waals surface area contributed by atoms with E-state index < -0.39 is 5.97 Å². The van der Waals surface area contributed by atoms with E-state index in [1.54, 1.807) is 6.20 Å². The summed E-state index contributed by atoms with van der Waals surface area (Å²) in [6.07, 6.45) is 2.91. The topological polar surface area (TPSA) is 92.2 Å². The summed E-state index contributed by atoms with van der Waals surface area (Å²) in [6, 6.07) is 2.52. The van der Waals surface area contributed by atoms with Gasteiger partial charge >= 0.3 is 5.97 Å². The minimum Gasteiger partial charge on any atom is -0.478 e. The van der Waals surface area contributed by atoms with Crippen LogP contribution in [0.25, 0.3) is 0 Å². The van der Waals surface area contributed by atoms with Crippen molar-refractivity contribution in [1.29, 1.82) is 0 Å². The van der Waals surface area contributed by atoms with Crippen molar-refractivity contribution in [3.05, 3.63) is 45.7 Å². The minimum absolute atomic E-state index is 0.0464. The van der Waals surface area contributed by atoms with E-state index in [-0.39, 0.29) is 23.2 Å². The number of pyridine rings is 1. The van der Waals surface area contributed by atoms with Crippen molar-refractivity contribution in [3.8, 4) is 0 Å². The standard InChI is InChI=1S/C13H13N3O3S/c1-7-5-15-12(20-7)8(2)16-11(17)10-4-3-9(6-14-10)13(18)19/h3-6,8H,1-2H3,(H,16,17)(H,18,19). The number of nitrogens with zero attached hydrogens (tertiary/aromatic N) is 2. The number of hydrogen-bond donors (Lipinski definition) is 2. The number of aryl methyl sites for hydroxylation is 1. The van der Waals surface area contributed by atoms with Crippen molar-refractivity contribution >= 4 is 23.2 Å². The molecule has 2 aromatic rings. The molecule has 6 nitrogen and oxygen atoms in total. The molecule has 1 unspecified atom stereocenters. The first kappa shape index (κ1) is 14.1. The summed E-state index contributed by atoms with van der Waals surface area (Å²) in [7, 11) is 0. The minimum atomic E-state index is -1.07. The molecule has 0 fully saturated rings. The SMILES string of the molecule is Cc1cnc(C(C)NC(=O)c2ccc(C(=O)O)cn2)s1. The van der Waals surface area contributed by atoms with Crippen LogP contribution < -0.4 is 5.32 Å². The fourth-order valence-corrected chi connectivity index (χ4v) is 2.34. The molecule has 0 saturated heterocycles. The van der Waals surface area contributed by atoms with Crippen molar-refractivity contribution in [2.24, 2.45) is 0 Å².